The number of sulfone groups is 2. The van der Waals surface area contributed by atoms with Crippen molar-refractivity contribution in [1.82, 2.24) is 10.2 Å². The quantitative estimate of drug-likeness (QED) is 0.702. The number of carbonyl (C=O) groups is 1. The van der Waals surface area contributed by atoms with E-state index in [-0.39, 0.29) is 22.8 Å². The molecule has 1 amide bonds. The van der Waals surface area contributed by atoms with E-state index < -0.39 is 36.7 Å². The van der Waals surface area contributed by atoms with Crippen molar-refractivity contribution in [2.75, 3.05) is 31.2 Å². The summed E-state index contributed by atoms with van der Waals surface area (Å²) in [5, 5.41) is 2.59. The number of ether oxygens (including phenoxy) is 1. The molecule has 1 aromatic rings. The maximum atomic E-state index is 13.1. The van der Waals surface area contributed by atoms with E-state index in [4.69, 9.17) is 16.3 Å². The van der Waals surface area contributed by atoms with Gasteiger partial charge in [-0.25, -0.2) is 21.6 Å². The molecule has 3 rings (SSSR count). The Labute approximate surface area is 176 Å². The SMILES string of the molecule is CCOC(=O)N1CCC(N[C@H]2CS(=O)(=O)C[C@@H]2S(=O)(=O)c2ccc(Cl)cc2)CC1. The molecule has 2 atom stereocenters. The summed E-state index contributed by atoms with van der Waals surface area (Å²) in [5.74, 6) is -0.625. The van der Waals surface area contributed by atoms with E-state index in [0.717, 1.165) is 0 Å². The Balaban J connectivity index is 1.71. The first-order valence-corrected chi connectivity index (χ1v) is 13.2. The molecular weight excluding hydrogens is 440 g/mol. The maximum absolute atomic E-state index is 13.1. The molecule has 1 N–H and O–H groups in total. The van der Waals surface area contributed by atoms with Crippen LogP contribution in [-0.4, -0.2) is 76.4 Å². The summed E-state index contributed by atoms with van der Waals surface area (Å²) in [4.78, 5) is 13.5. The second-order valence-electron chi connectivity index (χ2n) is 7.35. The molecule has 2 fully saturated rings. The smallest absolute Gasteiger partial charge is 0.409 e. The lowest BCUT2D eigenvalue weighted by molar-refractivity contribution is 0.0945. The van der Waals surface area contributed by atoms with E-state index in [0.29, 0.717) is 37.6 Å². The lowest BCUT2D eigenvalue weighted by Crippen LogP contribution is -2.52. The Morgan fingerprint density at radius 1 is 1.21 bits per heavy atom. The van der Waals surface area contributed by atoms with Gasteiger partial charge in [0.25, 0.3) is 0 Å². The standard InChI is InChI=1S/C18H25ClN2O6S2/c1-2-27-18(22)21-9-7-14(8-10-21)20-16-11-28(23,24)12-17(16)29(25,26)15-5-3-13(19)4-6-15/h3-6,14,16-17,20H,2,7-12H2,1H3/t16-,17-/m0/s1. The summed E-state index contributed by atoms with van der Waals surface area (Å²) in [6, 6.07) is 4.99. The van der Waals surface area contributed by atoms with Gasteiger partial charge in [0.2, 0.25) is 0 Å². The fraction of sp³-hybridized carbons (Fsp3) is 0.611. The predicted octanol–water partition coefficient (Wildman–Crippen LogP) is 1.49. The van der Waals surface area contributed by atoms with E-state index in [2.05, 4.69) is 5.32 Å². The number of piperidine rings is 1. The minimum absolute atomic E-state index is 0.0629. The molecule has 29 heavy (non-hydrogen) atoms. The third kappa shape index (κ3) is 5.22. The van der Waals surface area contributed by atoms with Crippen molar-refractivity contribution in [1.29, 1.82) is 0 Å². The molecule has 1 aromatic carbocycles. The fourth-order valence-corrected chi connectivity index (χ4v) is 8.63. The van der Waals surface area contributed by atoms with Gasteiger partial charge < -0.3 is 15.0 Å². The molecular formula is C18H25ClN2O6S2. The molecule has 0 unspecified atom stereocenters. The lowest BCUT2D eigenvalue weighted by atomic mass is 10.0. The Morgan fingerprint density at radius 2 is 1.83 bits per heavy atom. The van der Waals surface area contributed by atoms with Crippen molar-refractivity contribution in [3.8, 4) is 0 Å². The zero-order valence-corrected chi connectivity index (χ0v) is 18.5. The number of hydrogen-bond acceptors (Lipinski definition) is 7. The number of halogens is 1. The van der Waals surface area contributed by atoms with Crippen LogP contribution in [0, 0.1) is 0 Å². The Kier molecular flexibility index (Phi) is 6.77. The Hall–Kier alpha value is -1.36. The minimum Gasteiger partial charge on any atom is -0.450 e. The minimum atomic E-state index is -3.84. The molecule has 2 heterocycles. The number of amides is 1. The molecule has 2 aliphatic heterocycles. The zero-order chi connectivity index (χ0) is 21.2. The van der Waals surface area contributed by atoms with Crippen LogP contribution in [0.2, 0.25) is 5.02 Å². The molecule has 2 saturated heterocycles. The summed E-state index contributed by atoms with van der Waals surface area (Å²) in [6.07, 6.45) is 0.837. The van der Waals surface area contributed by atoms with Gasteiger partial charge in [-0.05, 0) is 44.0 Å². The lowest BCUT2D eigenvalue weighted by Gasteiger charge is -2.34. The van der Waals surface area contributed by atoms with Crippen LogP contribution >= 0.6 is 11.6 Å². The van der Waals surface area contributed by atoms with Gasteiger partial charge in [0.15, 0.2) is 19.7 Å². The van der Waals surface area contributed by atoms with Crippen LogP contribution in [0.25, 0.3) is 0 Å². The number of likely N-dealkylation sites (tertiary alicyclic amines) is 1. The highest BCUT2D eigenvalue weighted by Gasteiger charge is 2.46. The van der Waals surface area contributed by atoms with Crippen molar-refractivity contribution in [3.05, 3.63) is 29.3 Å². The van der Waals surface area contributed by atoms with Gasteiger partial charge in [-0.3, -0.25) is 0 Å². The Bertz CT molecular complexity index is 941. The van der Waals surface area contributed by atoms with Crippen LogP contribution < -0.4 is 5.32 Å². The van der Waals surface area contributed by atoms with E-state index in [1.807, 2.05) is 0 Å². The zero-order valence-electron chi connectivity index (χ0n) is 16.1. The molecule has 162 valence electrons. The second-order valence-corrected chi connectivity index (χ2v) is 12.1. The summed E-state index contributed by atoms with van der Waals surface area (Å²) in [5.41, 5.74) is 0. The van der Waals surface area contributed by atoms with Gasteiger partial charge in [-0.1, -0.05) is 11.6 Å². The average Bonchev–Trinajstić information content (AvgIpc) is 2.98. The molecule has 0 radical (unpaired) electrons. The van der Waals surface area contributed by atoms with Gasteiger partial charge in [0, 0.05) is 30.2 Å². The number of hydrogen-bond donors (Lipinski definition) is 1. The Morgan fingerprint density at radius 3 is 2.41 bits per heavy atom. The molecule has 0 bridgehead atoms. The van der Waals surface area contributed by atoms with Crippen molar-refractivity contribution in [2.45, 2.75) is 42.0 Å². The van der Waals surface area contributed by atoms with E-state index in [9.17, 15) is 21.6 Å². The first-order valence-electron chi connectivity index (χ1n) is 9.50. The number of rotatable bonds is 5. The van der Waals surface area contributed by atoms with Gasteiger partial charge in [-0.2, -0.15) is 0 Å². The second kappa shape index (κ2) is 8.79. The highest BCUT2D eigenvalue weighted by molar-refractivity contribution is 7.96. The maximum Gasteiger partial charge on any atom is 0.409 e. The molecule has 11 heteroatoms. The summed E-state index contributed by atoms with van der Waals surface area (Å²) >= 11 is 5.84. The highest BCUT2D eigenvalue weighted by atomic mass is 35.5. The molecule has 8 nitrogen and oxygen atoms in total. The van der Waals surface area contributed by atoms with Crippen molar-refractivity contribution < 1.29 is 26.4 Å². The summed E-state index contributed by atoms with van der Waals surface area (Å²) in [7, 11) is -7.32. The van der Waals surface area contributed by atoms with E-state index in [1.165, 1.54) is 24.3 Å². The van der Waals surface area contributed by atoms with Crippen LogP contribution in [-0.2, 0) is 24.4 Å². The van der Waals surface area contributed by atoms with Gasteiger partial charge in [-0.15, -0.1) is 0 Å². The number of benzene rings is 1. The largest absolute Gasteiger partial charge is 0.450 e. The van der Waals surface area contributed by atoms with Crippen molar-refractivity contribution >= 4 is 37.4 Å². The third-order valence-electron chi connectivity index (χ3n) is 5.31. The van der Waals surface area contributed by atoms with Crippen molar-refractivity contribution in [3.63, 3.8) is 0 Å². The number of nitrogens with one attached hydrogen (secondary N) is 1. The molecule has 0 aromatic heterocycles. The van der Waals surface area contributed by atoms with Crippen LogP contribution in [0.15, 0.2) is 29.2 Å². The summed E-state index contributed by atoms with van der Waals surface area (Å²) < 4.78 is 55.6. The van der Waals surface area contributed by atoms with Crippen molar-refractivity contribution in [2.24, 2.45) is 0 Å². The molecule has 0 aliphatic carbocycles. The monoisotopic (exact) mass is 464 g/mol. The topological polar surface area (TPSA) is 110 Å². The molecule has 0 spiro atoms. The van der Waals surface area contributed by atoms with Gasteiger partial charge in [0.05, 0.1) is 28.3 Å². The van der Waals surface area contributed by atoms with Gasteiger partial charge in [0.1, 0.15) is 0 Å². The number of nitrogens with zero attached hydrogens (tertiary/aromatic N) is 1. The normalized spacial score (nSPS) is 25.1. The highest BCUT2D eigenvalue weighted by Crippen LogP contribution is 2.28. The van der Waals surface area contributed by atoms with Crippen LogP contribution in [0.1, 0.15) is 19.8 Å². The van der Waals surface area contributed by atoms with E-state index >= 15 is 0 Å². The summed E-state index contributed by atoms with van der Waals surface area (Å²) in [6.45, 7) is 3.00. The van der Waals surface area contributed by atoms with Gasteiger partial charge >= 0.3 is 6.09 Å². The first kappa shape index (κ1) is 22.3. The fourth-order valence-electron chi connectivity index (χ4n) is 3.82. The van der Waals surface area contributed by atoms with Crippen LogP contribution in [0.3, 0.4) is 0 Å². The molecule has 2 aliphatic rings. The first-order chi connectivity index (χ1) is 13.6. The number of carbonyl (C=O) groups excluding carboxylic acids is 1. The van der Waals surface area contributed by atoms with E-state index in [1.54, 1.807) is 11.8 Å². The predicted molar refractivity (Wildman–Crippen MR) is 110 cm³/mol. The van der Waals surface area contributed by atoms with Crippen LogP contribution in [0.4, 0.5) is 4.79 Å². The van der Waals surface area contributed by atoms with Crippen LogP contribution in [0.5, 0.6) is 0 Å². The third-order valence-corrected chi connectivity index (χ3v) is 9.73. The molecule has 0 saturated carbocycles. The average molecular weight is 465 g/mol.